The molecule has 1 aromatic heterocycles. The molecule has 1 N–H and O–H groups in total. The standard InChI is InChI=1S/C10H7ClFN3S/c11-8-2-1-3-9(12)7(8)6-14-15-10-13-4-5-16-10/h1-6H,(H,13,15). The lowest BCUT2D eigenvalue weighted by Gasteiger charge is -1.98. The summed E-state index contributed by atoms with van der Waals surface area (Å²) in [5, 5.41) is 6.63. The summed E-state index contributed by atoms with van der Waals surface area (Å²) in [5.41, 5.74) is 2.94. The molecule has 6 heteroatoms. The first-order valence-corrected chi connectivity index (χ1v) is 5.66. The van der Waals surface area contributed by atoms with E-state index in [0.29, 0.717) is 10.2 Å². The first-order valence-electron chi connectivity index (χ1n) is 4.40. The lowest BCUT2D eigenvalue weighted by atomic mass is 10.2. The van der Waals surface area contributed by atoms with E-state index in [4.69, 9.17) is 11.6 Å². The van der Waals surface area contributed by atoms with Crippen molar-refractivity contribution in [1.29, 1.82) is 0 Å². The average molecular weight is 256 g/mol. The molecular weight excluding hydrogens is 249 g/mol. The Morgan fingerprint density at radius 3 is 3.06 bits per heavy atom. The third-order valence-corrected chi connectivity index (χ3v) is 2.79. The number of anilines is 1. The van der Waals surface area contributed by atoms with Crippen LogP contribution in [0.5, 0.6) is 0 Å². The summed E-state index contributed by atoms with van der Waals surface area (Å²) in [7, 11) is 0. The van der Waals surface area contributed by atoms with Gasteiger partial charge < -0.3 is 0 Å². The van der Waals surface area contributed by atoms with Gasteiger partial charge in [-0.05, 0) is 12.1 Å². The van der Waals surface area contributed by atoms with Gasteiger partial charge in [0.1, 0.15) is 5.82 Å². The Hall–Kier alpha value is -1.46. The molecule has 82 valence electrons. The van der Waals surface area contributed by atoms with Crippen LogP contribution in [0, 0.1) is 5.82 Å². The van der Waals surface area contributed by atoms with Gasteiger partial charge in [0.05, 0.1) is 11.2 Å². The Morgan fingerprint density at radius 2 is 2.38 bits per heavy atom. The molecule has 0 aliphatic heterocycles. The van der Waals surface area contributed by atoms with E-state index in [-0.39, 0.29) is 5.56 Å². The second kappa shape index (κ2) is 5.05. The normalized spacial score (nSPS) is 10.9. The Labute approximate surface area is 101 Å². The van der Waals surface area contributed by atoms with Crippen molar-refractivity contribution in [1.82, 2.24) is 4.98 Å². The van der Waals surface area contributed by atoms with Crippen molar-refractivity contribution in [3.8, 4) is 0 Å². The van der Waals surface area contributed by atoms with Crippen LogP contribution in [0.15, 0.2) is 34.9 Å². The number of halogens is 2. The van der Waals surface area contributed by atoms with Crippen LogP contribution in [0.2, 0.25) is 5.02 Å². The van der Waals surface area contributed by atoms with Gasteiger partial charge in [0.2, 0.25) is 5.13 Å². The highest BCUT2D eigenvalue weighted by atomic mass is 35.5. The van der Waals surface area contributed by atoms with E-state index in [1.54, 1.807) is 18.3 Å². The molecule has 0 saturated carbocycles. The van der Waals surface area contributed by atoms with Crippen LogP contribution in [-0.4, -0.2) is 11.2 Å². The molecule has 3 nitrogen and oxygen atoms in total. The first kappa shape index (κ1) is 11.0. The van der Waals surface area contributed by atoms with Gasteiger partial charge in [-0.15, -0.1) is 11.3 Å². The summed E-state index contributed by atoms with van der Waals surface area (Å²) in [6, 6.07) is 4.48. The molecule has 2 aromatic rings. The van der Waals surface area contributed by atoms with Gasteiger partial charge in [-0.25, -0.2) is 9.37 Å². The summed E-state index contributed by atoms with van der Waals surface area (Å²) in [6.45, 7) is 0. The minimum absolute atomic E-state index is 0.258. The SMILES string of the molecule is Fc1cccc(Cl)c1C=NNc1nccs1. The van der Waals surface area contributed by atoms with E-state index < -0.39 is 5.82 Å². The molecule has 0 aliphatic carbocycles. The predicted molar refractivity (Wildman–Crippen MR) is 64.7 cm³/mol. The Morgan fingerprint density at radius 1 is 1.50 bits per heavy atom. The smallest absolute Gasteiger partial charge is 0.203 e. The van der Waals surface area contributed by atoms with Gasteiger partial charge >= 0.3 is 0 Å². The minimum atomic E-state index is -0.405. The zero-order valence-corrected chi connectivity index (χ0v) is 9.60. The van der Waals surface area contributed by atoms with E-state index in [1.807, 2.05) is 5.38 Å². The molecule has 0 bridgehead atoms. The van der Waals surface area contributed by atoms with Crippen LogP contribution >= 0.6 is 22.9 Å². The maximum Gasteiger partial charge on any atom is 0.203 e. The Bertz CT molecular complexity index is 479. The van der Waals surface area contributed by atoms with Crippen molar-refractivity contribution < 1.29 is 4.39 Å². The zero-order valence-electron chi connectivity index (χ0n) is 8.02. The largest absolute Gasteiger partial charge is 0.253 e. The first-order chi connectivity index (χ1) is 7.77. The number of rotatable bonds is 3. The Balaban J connectivity index is 2.12. The fourth-order valence-corrected chi connectivity index (χ4v) is 1.75. The van der Waals surface area contributed by atoms with E-state index in [1.165, 1.54) is 23.6 Å². The molecule has 1 heterocycles. The van der Waals surface area contributed by atoms with Gasteiger partial charge in [-0.1, -0.05) is 17.7 Å². The molecule has 0 radical (unpaired) electrons. The molecule has 0 unspecified atom stereocenters. The number of benzene rings is 1. The topological polar surface area (TPSA) is 37.3 Å². The fraction of sp³-hybridized carbons (Fsp3) is 0. The molecular formula is C10H7ClFN3S. The van der Waals surface area contributed by atoms with E-state index in [9.17, 15) is 4.39 Å². The molecule has 0 atom stereocenters. The lowest BCUT2D eigenvalue weighted by molar-refractivity contribution is 0.626. The van der Waals surface area contributed by atoms with E-state index in [0.717, 1.165) is 0 Å². The Kier molecular flexibility index (Phi) is 3.48. The van der Waals surface area contributed by atoms with Crippen LogP contribution in [-0.2, 0) is 0 Å². The highest BCUT2D eigenvalue weighted by molar-refractivity contribution is 7.13. The highest BCUT2D eigenvalue weighted by Crippen LogP contribution is 2.17. The van der Waals surface area contributed by atoms with E-state index in [2.05, 4.69) is 15.5 Å². The van der Waals surface area contributed by atoms with Crippen LogP contribution in [0.25, 0.3) is 0 Å². The molecule has 0 saturated heterocycles. The maximum atomic E-state index is 13.3. The summed E-state index contributed by atoms with van der Waals surface area (Å²) in [4.78, 5) is 3.96. The minimum Gasteiger partial charge on any atom is -0.253 e. The lowest BCUT2D eigenvalue weighted by Crippen LogP contribution is -1.93. The number of hydrogen-bond donors (Lipinski definition) is 1. The van der Waals surface area contributed by atoms with Crippen molar-refractivity contribution in [2.75, 3.05) is 5.43 Å². The van der Waals surface area contributed by atoms with Gasteiger partial charge in [-0.3, -0.25) is 5.43 Å². The molecule has 0 spiro atoms. The van der Waals surface area contributed by atoms with Gasteiger partial charge in [0, 0.05) is 17.1 Å². The average Bonchev–Trinajstić information content (AvgIpc) is 2.75. The van der Waals surface area contributed by atoms with Crippen molar-refractivity contribution in [2.45, 2.75) is 0 Å². The third kappa shape index (κ3) is 2.56. The molecule has 2 rings (SSSR count). The van der Waals surface area contributed by atoms with Gasteiger partial charge in [0.25, 0.3) is 0 Å². The van der Waals surface area contributed by atoms with Gasteiger partial charge in [0.15, 0.2) is 0 Å². The van der Waals surface area contributed by atoms with Gasteiger partial charge in [-0.2, -0.15) is 5.10 Å². The summed E-state index contributed by atoms with van der Waals surface area (Å²) < 4.78 is 13.3. The number of nitrogens with zero attached hydrogens (tertiary/aromatic N) is 2. The van der Waals surface area contributed by atoms with Crippen LogP contribution in [0.3, 0.4) is 0 Å². The van der Waals surface area contributed by atoms with Crippen molar-refractivity contribution in [3.63, 3.8) is 0 Å². The molecule has 0 fully saturated rings. The summed E-state index contributed by atoms with van der Waals surface area (Å²) in [5.74, 6) is -0.405. The van der Waals surface area contributed by atoms with E-state index >= 15 is 0 Å². The second-order valence-corrected chi connectivity index (χ2v) is 4.14. The number of aromatic nitrogens is 1. The molecule has 16 heavy (non-hydrogen) atoms. The zero-order chi connectivity index (χ0) is 11.4. The van der Waals surface area contributed by atoms with Crippen LogP contribution in [0.4, 0.5) is 9.52 Å². The number of nitrogens with one attached hydrogen (secondary N) is 1. The molecule has 1 aromatic carbocycles. The highest BCUT2D eigenvalue weighted by Gasteiger charge is 2.03. The third-order valence-electron chi connectivity index (χ3n) is 1.79. The predicted octanol–water partition coefficient (Wildman–Crippen LogP) is 3.38. The summed E-state index contributed by atoms with van der Waals surface area (Å²) in [6.07, 6.45) is 2.98. The van der Waals surface area contributed by atoms with Crippen LogP contribution in [0.1, 0.15) is 5.56 Å². The fourth-order valence-electron chi connectivity index (χ4n) is 1.06. The number of hydrazone groups is 1. The maximum absolute atomic E-state index is 13.3. The number of hydrogen-bond acceptors (Lipinski definition) is 4. The second-order valence-electron chi connectivity index (χ2n) is 2.84. The van der Waals surface area contributed by atoms with Crippen LogP contribution < -0.4 is 5.43 Å². The molecule has 0 amide bonds. The quantitative estimate of drug-likeness (QED) is 0.674. The van der Waals surface area contributed by atoms with Crippen molar-refractivity contribution in [2.24, 2.45) is 5.10 Å². The van der Waals surface area contributed by atoms with Crippen molar-refractivity contribution >= 4 is 34.3 Å². The summed E-state index contributed by atoms with van der Waals surface area (Å²) >= 11 is 7.22. The number of thiazole rings is 1. The van der Waals surface area contributed by atoms with Crippen molar-refractivity contribution in [3.05, 3.63) is 46.2 Å². The monoisotopic (exact) mass is 255 g/mol. The molecule has 0 aliphatic rings.